The summed E-state index contributed by atoms with van der Waals surface area (Å²) in [6.45, 7) is 8.51. The lowest BCUT2D eigenvalue weighted by atomic mass is 10.0. The lowest BCUT2D eigenvalue weighted by Crippen LogP contribution is -1.92. The molecule has 1 aliphatic heterocycles. The van der Waals surface area contributed by atoms with Gasteiger partial charge in [0, 0.05) is 45.5 Å². The summed E-state index contributed by atoms with van der Waals surface area (Å²) in [4.78, 5) is 0. The van der Waals surface area contributed by atoms with Gasteiger partial charge in [-0.05, 0) is 119 Å². The number of benzene rings is 4. The summed E-state index contributed by atoms with van der Waals surface area (Å²) in [5.41, 5.74) is 10.4. The molecule has 12 heteroatoms. The van der Waals surface area contributed by atoms with Gasteiger partial charge in [-0.15, -0.1) is 0 Å². The molecule has 5 rings (SSSR count). The van der Waals surface area contributed by atoms with E-state index >= 15 is 0 Å². The van der Waals surface area contributed by atoms with E-state index in [-0.39, 0.29) is 0 Å². The molecule has 1 heterocycles. The topological polar surface area (TPSA) is 52.6 Å². The van der Waals surface area contributed by atoms with Gasteiger partial charge in [0.1, 0.15) is 11.5 Å². The maximum absolute atomic E-state index is 13.0. The van der Waals surface area contributed by atoms with Crippen LogP contribution in [0.1, 0.15) is 44.5 Å². The molecule has 0 unspecified atom stereocenters. The number of rotatable bonds is 6. The van der Waals surface area contributed by atoms with E-state index in [0.29, 0.717) is 11.5 Å². The van der Waals surface area contributed by atoms with Crippen LogP contribution in [0.3, 0.4) is 0 Å². The van der Waals surface area contributed by atoms with Crippen LogP contribution < -0.4 is 9.05 Å². The van der Waals surface area contributed by atoms with Gasteiger partial charge < -0.3 is 9.05 Å². The van der Waals surface area contributed by atoms with Gasteiger partial charge in [0.05, 0.1) is 0 Å². The van der Waals surface area contributed by atoms with Crippen molar-refractivity contribution in [3.8, 4) is 11.5 Å². The first-order valence-corrected chi connectivity index (χ1v) is 23.1. The van der Waals surface area contributed by atoms with Crippen LogP contribution in [0.2, 0.25) is 0 Å². The Bertz CT molecular complexity index is 1550. The molecule has 0 aromatic heterocycles. The van der Waals surface area contributed by atoms with E-state index in [0.717, 1.165) is 23.0 Å². The van der Waals surface area contributed by atoms with Crippen LogP contribution in [0.5, 0.6) is 11.5 Å². The maximum atomic E-state index is 13.0. The average molecular weight is 746 g/mol. The van der Waals surface area contributed by atoms with Crippen molar-refractivity contribution in [3.63, 3.8) is 0 Å². The lowest BCUT2D eigenvalue weighted by Gasteiger charge is -2.15. The summed E-state index contributed by atoms with van der Waals surface area (Å²) >= 11 is 21.8. The van der Waals surface area contributed by atoms with Gasteiger partial charge in [0.25, 0.3) is 0 Å². The van der Waals surface area contributed by atoms with Gasteiger partial charge in [0.15, 0.2) is 0 Å². The van der Waals surface area contributed by atoms with Crippen LogP contribution in [0.25, 0.3) is 0 Å². The number of para-hydroxylation sites is 2. The van der Waals surface area contributed by atoms with Crippen molar-refractivity contribution in [3.05, 3.63) is 129 Å². The van der Waals surface area contributed by atoms with Crippen molar-refractivity contribution >= 4 is 82.3 Å². The molecule has 1 aliphatic rings. The number of hydrogen-bond donors (Lipinski definition) is 2. The lowest BCUT2D eigenvalue weighted by molar-refractivity contribution is 0.512. The third-order valence-electron chi connectivity index (χ3n) is 6.64. The Morgan fingerprint density at radius 1 is 0.705 bits per heavy atom. The Balaban J connectivity index is 0.000000196. The van der Waals surface area contributed by atoms with E-state index in [9.17, 15) is 9.13 Å². The number of thiol groups is 2. The smallest absolute Gasteiger partial charge is 0.428 e. The molecule has 0 N–H and O–H groups in total. The van der Waals surface area contributed by atoms with E-state index in [1.165, 1.54) is 67.3 Å². The van der Waals surface area contributed by atoms with Crippen molar-refractivity contribution in [2.75, 3.05) is 0 Å². The fraction of sp³-hybridized carbons (Fsp3) is 0.250. The SMILES string of the molecule is Cc1cc(CS)c(CS)cc1C.Cc1cc2c(cc1C)CSP(=O)(Oc1ccccc1)SC2.O=P(Cl)(Cl)Oc1ccccc1. The van der Waals surface area contributed by atoms with Crippen molar-refractivity contribution in [1.29, 1.82) is 0 Å². The van der Waals surface area contributed by atoms with Gasteiger partial charge in [-0.3, -0.25) is 4.57 Å². The highest BCUT2D eigenvalue weighted by molar-refractivity contribution is 8.89. The zero-order chi connectivity index (χ0) is 32.3. The molecule has 4 aromatic carbocycles. The average Bonchev–Trinajstić information content (AvgIpc) is 3.14. The molecule has 0 aliphatic carbocycles. The largest absolute Gasteiger partial charge is 0.429 e. The van der Waals surface area contributed by atoms with Gasteiger partial charge >= 0.3 is 11.8 Å². The molecule has 0 atom stereocenters. The van der Waals surface area contributed by atoms with Crippen LogP contribution in [0.4, 0.5) is 0 Å². The molecule has 0 saturated heterocycles. The molecule has 0 amide bonds. The molecular formula is C32H36Cl2O4P2S4. The van der Waals surface area contributed by atoms with Crippen molar-refractivity contribution in [2.45, 2.75) is 50.7 Å². The summed E-state index contributed by atoms with van der Waals surface area (Å²) in [6, 6.07) is 26.8. The zero-order valence-electron chi connectivity index (χ0n) is 24.9. The van der Waals surface area contributed by atoms with E-state index < -0.39 is 11.8 Å². The summed E-state index contributed by atoms with van der Waals surface area (Å²) < 4.78 is 34.1. The van der Waals surface area contributed by atoms with E-state index in [1.807, 2.05) is 30.3 Å². The summed E-state index contributed by atoms with van der Waals surface area (Å²) in [5, 5.41) is 0. The Morgan fingerprint density at radius 3 is 1.48 bits per heavy atom. The Kier molecular flexibility index (Phi) is 15.1. The van der Waals surface area contributed by atoms with Gasteiger partial charge in [-0.2, -0.15) is 25.3 Å². The quantitative estimate of drug-likeness (QED) is 0.151. The van der Waals surface area contributed by atoms with Gasteiger partial charge in [-0.1, -0.05) is 60.7 Å². The molecule has 0 bridgehead atoms. The Labute approximate surface area is 290 Å². The van der Waals surface area contributed by atoms with Gasteiger partial charge in [0.2, 0.25) is 0 Å². The summed E-state index contributed by atoms with van der Waals surface area (Å²) in [7, 11) is 0. The van der Waals surface area contributed by atoms with Crippen molar-refractivity contribution in [1.82, 2.24) is 0 Å². The first kappa shape index (κ1) is 37.4. The number of hydrogen-bond acceptors (Lipinski definition) is 8. The highest BCUT2D eigenvalue weighted by Gasteiger charge is 2.30. The standard InChI is InChI=1S/C16H17O2PS2.C10H14S2.C6H5Cl2O2P/c1-12-8-14-10-20-19(17,18-16-6-4-3-5-7-16)21-11-15(14)9-13(12)2;1-7-3-9(5-11)10(6-12)4-8(7)2;7-11(8,9)10-6-4-2-1-3-5-6/h3-9H,10-11H2,1-2H3;3-4,11-12H,5-6H2,1-2H3;1-5H. The van der Waals surface area contributed by atoms with Crippen LogP contribution in [0.15, 0.2) is 84.9 Å². The molecule has 0 fully saturated rings. The third-order valence-corrected chi connectivity index (χ3v) is 15.1. The number of aryl methyl sites for hydroxylation is 4. The molecule has 236 valence electrons. The molecular weight excluding hydrogens is 709 g/mol. The number of halogens is 2. The molecule has 0 saturated carbocycles. The van der Waals surface area contributed by atoms with Crippen molar-refractivity contribution in [2.24, 2.45) is 0 Å². The van der Waals surface area contributed by atoms with Crippen molar-refractivity contribution < 1.29 is 18.2 Å². The fourth-order valence-electron chi connectivity index (χ4n) is 4.04. The number of fused-ring (bicyclic) bond motifs is 1. The van der Waals surface area contributed by atoms with E-state index in [1.54, 1.807) is 30.3 Å². The second-order valence-electron chi connectivity index (χ2n) is 9.94. The molecule has 0 spiro atoms. The Hall–Kier alpha value is -1.08. The zero-order valence-corrected chi connectivity index (χ0v) is 31.6. The molecule has 4 nitrogen and oxygen atoms in total. The maximum Gasteiger partial charge on any atom is 0.428 e. The van der Waals surface area contributed by atoms with Crippen LogP contribution >= 0.6 is 82.3 Å². The predicted molar refractivity (Wildman–Crippen MR) is 201 cm³/mol. The third kappa shape index (κ3) is 12.3. The minimum absolute atomic E-state index is 0.404. The van der Waals surface area contributed by atoms with Crippen LogP contribution in [-0.4, -0.2) is 0 Å². The normalized spacial score (nSPS) is 13.6. The first-order chi connectivity index (χ1) is 20.8. The highest BCUT2D eigenvalue weighted by atomic mass is 35.9. The van der Waals surface area contributed by atoms with Crippen LogP contribution in [0, 0.1) is 27.7 Å². The molecule has 0 radical (unpaired) electrons. The van der Waals surface area contributed by atoms with Crippen LogP contribution in [-0.2, 0) is 32.1 Å². The fourth-order valence-corrected chi connectivity index (χ4v) is 11.6. The molecule has 44 heavy (non-hydrogen) atoms. The van der Waals surface area contributed by atoms with E-state index in [2.05, 4.69) is 81.7 Å². The highest BCUT2D eigenvalue weighted by Crippen LogP contribution is 2.72. The minimum Gasteiger partial charge on any atom is -0.429 e. The second kappa shape index (κ2) is 17.7. The van der Waals surface area contributed by atoms with E-state index in [4.69, 9.17) is 27.0 Å². The van der Waals surface area contributed by atoms with Gasteiger partial charge in [-0.25, -0.2) is 4.57 Å². The summed E-state index contributed by atoms with van der Waals surface area (Å²) in [5.74, 6) is 1.42. The molecule has 4 aromatic rings. The second-order valence-corrected chi connectivity index (χ2v) is 22.1. The Morgan fingerprint density at radius 2 is 1.09 bits per heavy atom. The minimum atomic E-state index is -3.44. The first-order valence-electron chi connectivity index (χ1n) is 13.6. The summed E-state index contributed by atoms with van der Waals surface area (Å²) in [6.07, 6.45) is -3.44. The monoisotopic (exact) mass is 744 g/mol. The predicted octanol–water partition coefficient (Wildman–Crippen LogP) is 12.8.